The molecule has 0 aromatic heterocycles. The van der Waals surface area contributed by atoms with Crippen molar-refractivity contribution in [3.63, 3.8) is 0 Å². The summed E-state index contributed by atoms with van der Waals surface area (Å²) in [7, 11) is 4.11. The van der Waals surface area contributed by atoms with Crippen molar-refractivity contribution in [2.75, 3.05) is 24.3 Å². The van der Waals surface area contributed by atoms with E-state index in [0.29, 0.717) is 0 Å². The molecule has 0 radical (unpaired) electrons. The molecule has 1 N–H and O–H groups in total. The second-order valence-corrected chi connectivity index (χ2v) is 5.97. The van der Waals surface area contributed by atoms with Gasteiger partial charge < -0.3 is 10.2 Å². The van der Waals surface area contributed by atoms with Gasteiger partial charge in [0.05, 0.1) is 6.04 Å². The summed E-state index contributed by atoms with van der Waals surface area (Å²) in [6, 6.07) is 11.8. The van der Waals surface area contributed by atoms with Gasteiger partial charge in [0.25, 0.3) is 0 Å². The summed E-state index contributed by atoms with van der Waals surface area (Å²) in [4.78, 5) is 2.12. The van der Waals surface area contributed by atoms with Crippen molar-refractivity contribution in [3.05, 3.63) is 58.9 Å². The van der Waals surface area contributed by atoms with Crippen molar-refractivity contribution in [3.8, 4) is 0 Å². The lowest BCUT2D eigenvalue weighted by molar-refractivity contribution is 0.626. The van der Waals surface area contributed by atoms with Gasteiger partial charge in [-0.3, -0.25) is 0 Å². The standard InChI is InChI=1S/C18H21FN2/c1-12-4-7-15(11-18(12)21(2)3)20-17-9-5-13-10-14(19)6-8-16(13)17/h4,6-8,10-11,17,20H,5,9H2,1-3H3. The Morgan fingerprint density at radius 2 is 1.95 bits per heavy atom. The first kappa shape index (κ1) is 13.9. The molecule has 0 amide bonds. The number of anilines is 2. The van der Waals surface area contributed by atoms with Crippen LogP contribution in [0.2, 0.25) is 0 Å². The maximum atomic E-state index is 13.3. The van der Waals surface area contributed by atoms with Crippen LogP contribution in [-0.4, -0.2) is 14.1 Å². The first-order valence-corrected chi connectivity index (χ1v) is 7.37. The fraction of sp³-hybridized carbons (Fsp3) is 0.333. The summed E-state index contributed by atoms with van der Waals surface area (Å²) in [6.45, 7) is 2.12. The van der Waals surface area contributed by atoms with Crippen molar-refractivity contribution in [2.45, 2.75) is 25.8 Å². The molecule has 2 nitrogen and oxygen atoms in total. The van der Waals surface area contributed by atoms with Crippen LogP contribution < -0.4 is 10.2 Å². The first-order valence-electron chi connectivity index (χ1n) is 7.37. The third-order valence-electron chi connectivity index (χ3n) is 4.21. The van der Waals surface area contributed by atoms with Crippen molar-refractivity contribution in [1.29, 1.82) is 0 Å². The second-order valence-electron chi connectivity index (χ2n) is 5.97. The van der Waals surface area contributed by atoms with E-state index in [1.165, 1.54) is 16.8 Å². The van der Waals surface area contributed by atoms with Gasteiger partial charge in [0.15, 0.2) is 0 Å². The summed E-state index contributed by atoms with van der Waals surface area (Å²) >= 11 is 0. The Hall–Kier alpha value is -2.03. The minimum atomic E-state index is -0.139. The molecule has 1 aliphatic carbocycles. The molecular weight excluding hydrogens is 263 g/mol. The van der Waals surface area contributed by atoms with Gasteiger partial charge in [0.1, 0.15) is 5.82 Å². The van der Waals surface area contributed by atoms with Crippen molar-refractivity contribution in [2.24, 2.45) is 0 Å². The SMILES string of the molecule is Cc1ccc(NC2CCc3cc(F)ccc32)cc1N(C)C. The van der Waals surface area contributed by atoms with E-state index >= 15 is 0 Å². The van der Waals surface area contributed by atoms with Crippen molar-refractivity contribution >= 4 is 11.4 Å². The molecule has 1 unspecified atom stereocenters. The normalized spacial score (nSPS) is 16.7. The highest BCUT2D eigenvalue weighted by Crippen LogP contribution is 2.35. The van der Waals surface area contributed by atoms with Gasteiger partial charge >= 0.3 is 0 Å². The molecule has 0 saturated carbocycles. The van der Waals surface area contributed by atoms with Gasteiger partial charge in [-0.15, -0.1) is 0 Å². The van der Waals surface area contributed by atoms with E-state index in [4.69, 9.17) is 0 Å². The number of benzene rings is 2. The average Bonchev–Trinajstić information content (AvgIpc) is 2.83. The number of nitrogens with one attached hydrogen (secondary N) is 1. The highest BCUT2D eigenvalue weighted by molar-refractivity contribution is 5.62. The molecule has 0 aliphatic heterocycles. The second kappa shape index (κ2) is 5.40. The Kier molecular flexibility index (Phi) is 3.58. The number of nitrogens with zero attached hydrogens (tertiary/aromatic N) is 1. The molecule has 3 heteroatoms. The Morgan fingerprint density at radius 3 is 2.71 bits per heavy atom. The molecule has 0 spiro atoms. The van der Waals surface area contributed by atoms with Crippen molar-refractivity contribution < 1.29 is 4.39 Å². The predicted molar refractivity (Wildman–Crippen MR) is 86.6 cm³/mol. The van der Waals surface area contributed by atoms with Crippen LogP contribution in [0.1, 0.15) is 29.2 Å². The van der Waals surface area contributed by atoms with Crippen LogP contribution >= 0.6 is 0 Å². The van der Waals surface area contributed by atoms with Gasteiger partial charge in [-0.1, -0.05) is 12.1 Å². The molecule has 1 atom stereocenters. The number of fused-ring (bicyclic) bond motifs is 1. The Bertz CT molecular complexity index is 664. The summed E-state index contributed by atoms with van der Waals surface area (Å²) < 4.78 is 13.3. The minimum Gasteiger partial charge on any atom is -0.378 e. The number of hydrogen-bond acceptors (Lipinski definition) is 2. The molecule has 2 aromatic carbocycles. The third kappa shape index (κ3) is 2.73. The number of halogens is 1. The summed E-state index contributed by atoms with van der Waals surface area (Å²) in [5, 5.41) is 3.59. The Labute approximate surface area is 125 Å². The van der Waals surface area contributed by atoms with Gasteiger partial charge in [-0.05, 0) is 60.7 Å². The van der Waals surface area contributed by atoms with E-state index in [1.54, 1.807) is 12.1 Å². The maximum Gasteiger partial charge on any atom is 0.123 e. The molecule has 0 fully saturated rings. The zero-order valence-corrected chi connectivity index (χ0v) is 12.8. The molecular formula is C18H21FN2. The van der Waals surface area contributed by atoms with E-state index in [1.807, 2.05) is 6.07 Å². The van der Waals surface area contributed by atoms with Crippen LogP contribution in [0.3, 0.4) is 0 Å². The number of rotatable bonds is 3. The average molecular weight is 284 g/mol. The molecule has 1 aliphatic rings. The van der Waals surface area contributed by atoms with E-state index in [9.17, 15) is 4.39 Å². The predicted octanol–water partition coefficient (Wildman–Crippen LogP) is 4.30. The number of hydrogen-bond donors (Lipinski definition) is 1. The minimum absolute atomic E-state index is 0.139. The monoisotopic (exact) mass is 284 g/mol. The van der Waals surface area contributed by atoms with Crippen LogP contribution in [0.4, 0.5) is 15.8 Å². The van der Waals surface area contributed by atoms with Crippen LogP contribution in [0.5, 0.6) is 0 Å². The fourth-order valence-corrected chi connectivity index (χ4v) is 3.12. The van der Waals surface area contributed by atoms with Gasteiger partial charge in [0.2, 0.25) is 0 Å². The summed E-state index contributed by atoms with van der Waals surface area (Å²) in [5.41, 5.74) is 5.96. The van der Waals surface area contributed by atoms with Crippen LogP contribution in [0.25, 0.3) is 0 Å². The fourth-order valence-electron chi connectivity index (χ4n) is 3.12. The van der Waals surface area contributed by atoms with E-state index < -0.39 is 0 Å². The summed E-state index contributed by atoms with van der Waals surface area (Å²) in [5.74, 6) is -0.139. The quantitative estimate of drug-likeness (QED) is 0.904. The molecule has 2 aromatic rings. The molecule has 0 saturated heterocycles. The van der Waals surface area contributed by atoms with Gasteiger partial charge in [-0.25, -0.2) is 4.39 Å². The molecule has 0 heterocycles. The van der Waals surface area contributed by atoms with Gasteiger partial charge in [-0.2, -0.15) is 0 Å². The topological polar surface area (TPSA) is 15.3 Å². The first-order chi connectivity index (χ1) is 10.0. The lowest BCUT2D eigenvalue weighted by Crippen LogP contribution is -2.12. The third-order valence-corrected chi connectivity index (χ3v) is 4.21. The molecule has 0 bridgehead atoms. The lowest BCUT2D eigenvalue weighted by Gasteiger charge is -2.20. The largest absolute Gasteiger partial charge is 0.378 e. The lowest BCUT2D eigenvalue weighted by atomic mass is 10.1. The molecule has 21 heavy (non-hydrogen) atoms. The molecule has 3 rings (SSSR count). The smallest absolute Gasteiger partial charge is 0.123 e. The number of aryl methyl sites for hydroxylation is 2. The maximum absolute atomic E-state index is 13.3. The highest BCUT2D eigenvalue weighted by atomic mass is 19.1. The zero-order chi connectivity index (χ0) is 15.0. The van der Waals surface area contributed by atoms with E-state index in [2.05, 4.69) is 49.4 Å². The van der Waals surface area contributed by atoms with Crippen molar-refractivity contribution in [1.82, 2.24) is 0 Å². The Morgan fingerprint density at radius 1 is 1.14 bits per heavy atom. The van der Waals surface area contributed by atoms with E-state index in [0.717, 1.165) is 24.1 Å². The highest BCUT2D eigenvalue weighted by Gasteiger charge is 2.22. The Balaban J connectivity index is 1.85. The van der Waals surface area contributed by atoms with Crippen LogP contribution in [0, 0.1) is 12.7 Å². The van der Waals surface area contributed by atoms with Gasteiger partial charge in [0, 0.05) is 25.5 Å². The summed E-state index contributed by atoms with van der Waals surface area (Å²) in [6.07, 6.45) is 1.96. The van der Waals surface area contributed by atoms with E-state index in [-0.39, 0.29) is 11.9 Å². The molecule has 110 valence electrons. The van der Waals surface area contributed by atoms with Crippen LogP contribution in [0.15, 0.2) is 36.4 Å². The van der Waals surface area contributed by atoms with Crippen LogP contribution in [-0.2, 0) is 6.42 Å². The zero-order valence-electron chi connectivity index (χ0n) is 12.8.